The first kappa shape index (κ1) is 9.67. The third-order valence-corrected chi connectivity index (χ3v) is 1.66. The van der Waals surface area contributed by atoms with E-state index >= 15 is 0 Å². The third kappa shape index (κ3) is 1.84. The molecule has 0 saturated heterocycles. The second-order valence-corrected chi connectivity index (χ2v) is 2.44. The lowest BCUT2D eigenvalue weighted by atomic mass is 10.1. The number of halogens is 1. The van der Waals surface area contributed by atoms with Gasteiger partial charge >= 0.3 is 0 Å². The maximum absolute atomic E-state index is 13.3. The fourth-order valence-corrected chi connectivity index (χ4v) is 0.987. The molecular weight excluding hydrogens is 175 g/mol. The highest BCUT2D eigenvalue weighted by atomic mass is 19.1. The predicted octanol–water partition coefficient (Wildman–Crippen LogP) is 1.07. The van der Waals surface area contributed by atoms with Gasteiger partial charge in [0.2, 0.25) is 0 Å². The number of methoxy groups -OCH3 is 1. The molecule has 1 rings (SSSR count). The monoisotopic (exact) mass is 184 g/mol. The molecule has 13 heavy (non-hydrogen) atoms. The van der Waals surface area contributed by atoms with Crippen LogP contribution in [0.1, 0.15) is 11.7 Å². The Morgan fingerprint density at radius 1 is 1.62 bits per heavy atom. The van der Waals surface area contributed by atoms with E-state index in [2.05, 4.69) is 4.74 Å². The van der Waals surface area contributed by atoms with E-state index in [1.165, 1.54) is 25.3 Å². The Bertz CT molecular complexity index is 312. The van der Waals surface area contributed by atoms with E-state index in [0.29, 0.717) is 0 Å². The standard InChI is InChI=1S/C9H9FO3/c1-13-8-4-2-3-6(9(8)10)7(12)5-11/h2-5,7,12H,1H3. The first-order valence-corrected chi connectivity index (χ1v) is 3.66. The van der Waals surface area contributed by atoms with E-state index in [9.17, 15) is 9.18 Å². The van der Waals surface area contributed by atoms with E-state index in [4.69, 9.17) is 5.11 Å². The van der Waals surface area contributed by atoms with Gasteiger partial charge in [-0.15, -0.1) is 0 Å². The number of rotatable bonds is 3. The van der Waals surface area contributed by atoms with Gasteiger partial charge in [-0.2, -0.15) is 0 Å². The van der Waals surface area contributed by atoms with Gasteiger partial charge in [0, 0.05) is 5.56 Å². The molecule has 0 heterocycles. The molecule has 0 aliphatic heterocycles. The summed E-state index contributed by atoms with van der Waals surface area (Å²) in [5.74, 6) is -0.692. The lowest BCUT2D eigenvalue weighted by Crippen LogP contribution is -2.02. The van der Waals surface area contributed by atoms with Gasteiger partial charge in [-0.05, 0) is 6.07 Å². The number of aldehydes is 1. The fraction of sp³-hybridized carbons (Fsp3) is 0.222. The molecule has 0 aliphatic rings. The third-order valence-electron chi connectivity index (χ3n) is 1.66. The van der Waals surface area contributed by atoms with Gasteiger partial charge in [-0.1, -0.05) is 12.1 Å². The maximum Gasteiger partial charge on any atom is 0.171 e. The number of hydrogen-bond donors (Lipinski definition) is 1. The molecule has 0 spiro atoms. The summed E-state index contributed by atoms with van der Waals surface area (Å²) in [6.45, 7) is 0. The van der Waals surface area contributed by atoms with Gasteiger partial charge in [0.05, 0.1) is 7.11 Å². The smallest absolute Gasteiger partial charge is 0.171 e. The number of benzene rings is 1. The quantitative estimate of drug-likeness (QED) is 0.714. The van der Waals surface area contributed by atoms with Gasteiger partial charge in [0.1, 0.15) is 6.10 Å². The molecule has 1 unspecified atom stereocenters. The van der Waals surface area contributed by atoms with Crippen molar-refractivity contribution in [2.75, 3.05) is 7.11 Å². The summed E-state index contributed by atoms with van der Waals surface area (Å²) in [4.78, 5) is 10.2. The van der Waals surface area contributed by atoms with Crippen molar-refractivity contribution in [2.24, 2.45) is 0 Å². The highest BCUT2D eigenvalue weighted by molar-refractivity contribution is 5.60. The molecule has 0 bridgehead atoms. The molecule has 1 atom stereocenters. The van der Waals surface area contributed by atoms with E-state index in [1.807, 2.05) is 0 Å². The van der Waals surface area contributed by atoms with Crippen LogP contribution in [0.15, 0.2) is 18.2 Å². The van der Waals surface area contributed by atoms with Crippen molar-refractivity contribution in [2.45, 2.75) is 6.10 Å². The van der Waals surface area contributed by atoms with Crippen LogP contribution in [0.25, 0.3) is 0 Å². The van der Waals surface area contributed by atoms with E-state index < -0.39 is 11.9 Å². The van der Waals surface area contributed by atoms with Gasteiger partial charge in [0.25, 0.3) is 0 Å². The predicted molar refractivity (Wildman–Crippen MR) is 44.0 cm³/mol. The van der Waals surface area contributed by atoms with Crippen LogP contribution in [0.3, 0.4) is 0 Å². The Morgan fingerprint density at radius 2 is 2.31 bits per heavy atom. The number of carbonyl (C=O) groups excluding carboxylic acids is 1. The molecule has 0 fully saturated rings. The molecule has 1 aromatic rings. The summed E-state index contributed by atoms with van der Waals surface area (Å²) in [5.41, 5.74) is -0.0747. The average Bonchev–Trinajstić information content (AvgIpc) is 2.17. The summed E-state index contributed by atoms with van der Waals surface area (Å²) in [6.07, 6.45) is -1.17. The van der Waals surface area contributed by atoms with Crippen LogP contribution in [0.5, 0.6) is 5.75 Å². The van der Waals surface area contributed by atoms with Crippen molar-refractivity contribution in [1.29, 1.82) is 0 Å². The average molecular weight is 184 g/mol. The molecule has 0 saturated carbocycles. The summed E-state index contributed by atoms with van der Waals surface area (Å²) in [6, 6.07) is 4.25. The van der Waals surface area contributed by atoms with Crippen LogP contribution < -0.4 is 4.74 Å². The molecule has 70 valence electrons. The SMILES string of the molecule is COc1cccc(C(O)C=O)c1F. The Morgan fingerprint density at radius 3 is 2.85 bits per heavy atom. The largest absolute Gasteiger partial charge is 0.494 e. The highest BCUT2D eigenvalue weighted by Gasteiger charge is 2.14. The second kappa shape index (κ2) is 4.00. The van der Waals surface area contributed by atoms with Crippen molar-refractivity contribution in [1.82, 2.24) is 0 Å². The Hall–Kier alpha value is -1.42. The minimum Gasteiger partial charge on any atom is -0.494 e. The molecule has 0 aromatic heterocycles. The molecular formula is C9H9FO3. The minimum atomic E-state index is -1.44. The van der Waals surface area contributed by atoms with Crippen LogP contribution in [-0.4, -0.2) is 18.5 Å². The van der Waals surface area contributed by atoms with Gasteiger partial charge < -0.3 is 14.6 Å². The molecule has 4 heteroatoms. The zero-order valence-corrected chi connectivity index (χ0v) is 7.03. The van der Waals surface area contributed by atoms with Crippen LogP contribution in [-0.2, 0) is 4.79 Å². The molecule has 0 aliphatic carbocycles. The molecule has 0 amide bonds. The van der Waals surface area contributed by atoms with Crippen molar-refractivity contribution < 1.29 is 19.0 Å². The number of aliphatic hydroxyl groups excluding tert-OH is 1. The Labute approximate surface area is 74.8 Å². The zero-order chi connectivity index (χ0) is 9.84. The molecule has 3 nitrogen and oxygen atoms in total. The lowest BCUT2D eigenvalue weighted by Gasteiger charge is -2.07. The van der Waals surface area contributed by atoms with Gasteiger partial charge in [-0.3, -0.25) is 0 Å². The van der Waals surface area contributed by atoms with Gasteiger partial charge in [-0.25, -0.2) is 4.39 Å². The first-order chi connectivity index (χ1) is 6.20. The van der Waals surface area contributed by atoms with Crippen LogP contribution in [0.2, 0.25) is 0 Å². The number of hydrogen-bond acceptors (Lipinski definition) is 3. The Balaban J connectivity index is 3.14. The number of ether oxygens (including phenoxy) is 1. The zero-order valence-electron chi connectivity index (χ0n) is 7.03. The first-order valence-electron chi connectivity index (χ1n) is 3.66. The highest BCUT2D eigenvalue weighted by Crippen LogP contribution is 2.23. The maximum atomic E-state index is 13.3. The molecule has 1 N–H and O–H groups in total. The second-order valence-electron chi connectivity index (χ2n) is 2.44. The van der Waals surface area contributed by atoms with Crippen LogP contribution in [0.4, 0.5) is 4.39 Å². The summed E-state index contributed by atoms with van der Waals surface area (Å²) < 4.78 is 17.9. The van der Waals surface area contributed by atoms with Crippen molar-refractivity contribution in [3.63, 3.8) is 0 Å². The number of carbonyl (C=O) groups is 1. The van der Waals surface area contributed by atoms with E-state index in [-0.39, 0.29) is 17.6 Å². The lowest BCUT2D eigenvalue weighted by molar-refractivity contribution is -0.115. The van der Waals surface area contributed by atoms with Crippen LogP contribution >= 0.6 is 0 Å². The fourth-order valence-electron chi connectivity index (χ4n) is 0.987. The number of aliphatic hydroxyl groups is 1. The van der Waals surface area contributed by atoms with Crippen molar-refractivity contribution in [3.05, 3.63) is 29.6 Å². The Kier molecular flexibility index (Phi) is 2.97. The topological polar surface area (TPSA) is 46.5 Å². The summed E-state index contributed by atoms with van der Waals surface area (Å²) in [5, 5.41) is 9.07. The minimum absolute atomic E-state index is 0.0124. The molecule has 1 aromatic carbocycles. The van der Waals surface area contributed by atoms with Gasteiger partial charge in [0.15, 0.2) is 17.9 Å². The van der Waals surface area contributed by atoms with E-state index in [0.717, 1.165) is 0 Å². The van der Waals surface area contributed by atoms with Crippen molar-refractivity contribution >= 4 is 6.29 Å². The van der Waals surface area contributed by atoms with Crippen molar-refractivity contribution in [3.8, 4) is 5.75 Å². The van der Waals surface area contributed by atoms with E-state index in [1.54, 1.807) is 0 Å². The molecule has 0 radical (unpaired) electrons. The van der Waals surface area contributed by atoms with Crippen LogP contribution in [0, 0.1) is 5.82 Å². The summed E-state index contributed by atoms with van der Waals surface area (Å²) >= 11 is 0. The summed E-state index contributed by atoms with van der Waals surface area (Å²) in [7, 11) is 1.31. The normalized spacial score (nSPS) is 12.2.